The van der Waals surface area contributed by atoms with E-state index in [1.165, 1.54) is 43.9 Å². The van der Waals surface area contributed by atoms with E-state index in [1.54, 1.807) is 27.1 Å². The molecule has 12 unspecified atom stereocenters. The topological polar surface area (TPSA) is 264 Å². The number of ketones is 4. The summed E-state index contributed by atoms with van der Waals surface area (Å²) in [4.78, 5) is 61.1. The second kappa shape index (κ2) is 33.9. The van der Waals surface area contributed by atoms with Crippen LogP contribution in [0.2, 0.25) is 0 Å². The number of aromatic hydroxyl groups is 4. The molecule has 8 fully saturated rings. The molecule has 7 aromatic carbocycles. The van der Waals surface area contributed by atoms with Gasteiger partial charge in [0.25, 0.3) is 0 Å². The molecule has 20 rings (SSSR count). The number of piperidine rings is 4. The summed E-state index contributed by atoms with van der Waals surface area (Å²) in [5, 5.41) is 38.6. The largest absolute Gasteiger partial charge is 0.504 e. The number of methoxy groups -OCH3 is 1. The third-order valence-electron chi connectivity index (χ3n) is 24.6. The summed E-state index contributed by atoms with van der Waals surface area (Å²) in [6.45, 7) is 2.58. The maximum atomic E-state index is 13.7. The number of ether oxygens (including phenoxy) is 11. The number of nitrogens with zero attached hydrogens (tertiary/aromatic N) is 4. The minimum Gasteiger partial charge on any atom is -0.504 e. The van der Waals surface area contributed by atoms with Gasteiger partial charge >= 0.3 is 0 Å². The smallest absolute Gasteiger partial charge is 0.231 e. The lowest BCUT2D eigenvalue weighted by molar-refractivity contribution is -0.135. The lowest BCUT2D eigenvalue weighted by atomic mass is 9.76. The molecule has 8 saturated heterocycles. The molecule has 0 saturated carbocycles. The molecule has 8 bridgehead atoms. The predicted molar refractivity (Wildman–Crippen MR) is 422 cm³/mol. The average molecular weight is 1540 g/mol. The van der Waals surface area contributed by atoms with Gasteiger partial charge in [-0.2, -0.15) is 0 Å². The molecule has 0 amide bonds. The maximum absolute atomic E-state index is 13.7. The molecule has 7 aromatic rings. The van der Waals surface area contributed by atoms with E-state index >= 15 is 0 Å². The van der Waals surface area contributed by atoms with E-state index in [4.69, 9.17) is 53.5 Å². The Morgan fingerprint density at radius 2 is 0.732 bits per heavy atom. The Morgan fingerprint density at radius 1 is 0.411 bits per heavy atom. The summed E-state index contributed by atoms with van der Waals surface area (Å²) in [7, 11) is 11.8. The van der Waals surface area contributed by atoms with Crippen molar-refractivity contribution in [3.05, 3.63) is 179 Å². The highest BCUT2D eigenvalue weighted by Gasteiger charge is 2.53. The van der Waals surface area contributed by atoms with Crippen LogP contribution in [-0.2, 0) is 44.9 Å². The maximum Gasteiger partial charge on any atom is 0.231 e. The average Bonchev–Trinajstić information content (AvgIpc) is 1.63. The molecule has 12 atom stereocenters. The number of phenolic OH excluding ortho intramolecular Hbond substituents is 4. The Balaban J connectivity index is 0.000000122. The Kier molecular flexibility index (Phi) is 23.3. The molecule has 4 N–H and O–H groups in total. The van der Waals surface area contributed by atoms with Gasteiger partial charge < -0.3 is 79.3 Å². The van der Waals surface area contributed by atoms with Crippen molar-refractivity contribution in [3.8, 4) is 86.2 Å². The van der Waals surface area contributed by atoms with Crippen LogP contribution in [0.4, 0.5) is 0 Å². The number of likely N-dealkylation sites (N-methyl/N-ethyl adjacent to an activating group) is 1. The number of benzene rings is 7. The summed E-state index contributed by atoms with van der Waals surface area (Å²) in [5.74, 6) is 8.59. The Labute approximate surface area is 656 Å². The Hall–Kier alpha value is -10.4. The summed E-state index contributed by atoms with van der Waals surface area (Å²) >= 11 is 0. The normalized spacial score (nSPS) is 26.8. The number of carbonyl (C=O) groups is 4. The van der Waals surface area contributed by atoms with E-state index in [0.29, 0.717) is 55.4 Å². The molecular formula is C88H100BN4O19-. The first-order valence-electron chi connectivity index (χ1n) is 39.0. The molecule has 13 heterocycles. The van der Waals surface area contributed by atoms with E-state index in [-0.39, 0.29) is 117 Å². The number of fused-ring (bicyclic) bond motifs is 13. The van der Waals surface area contributed by atoms with E-state index in [2.05, 4.69) is 59.9 Å². The van der Waals surface area contributed by atoms with E-state index < -0.39 is 0 Å². The fourth-order valence-corrected chi connectivity index (χ4v) is 18.8. The van der Waals surface area contributed by atoms with Gasteiger partial charge in [0, 0.05) is 102 Å². The molecule has 0 aromatic heterocycles. The predicted octanol–water partition coefficient (Wildman–Crippen LogP) is 11.7. The highest BCUT2D eigenvalue weighted by molar-refractivity contribution is 6.16. The molecule has 590 valence electrons. The quantitative estimate of drug-likeness (QED) is 0.0406. The van der Waals surface area contributed by atoms with Crippen molar-refractivity contribution < 1.29 is 93.1 Å². The molecule has 0 aliphatic carbocycles. The molecule has 13 aliphatic heterocycles. The molecule has 0 spiro atoms. The van der Waals surface area contributed by atoms with Crippen molar-refractivity contribution in [1.29, 1.82) is 0 Å². The van der Waals surface area contributed by atoms with Crippen LogP contribution < -0.4 is 52.1 Å². The number of Topliss-reactive ketones (excluding diaryl/α,β-unsaturated/α-hetero) is 4. The van der Waals surface area contributed by atoms with Crippen LogP contribution in [0.1, 0.15) is 106 Å². The van der Waals surface area contributed by atoms with Crippen LogP contribution in [-0.4, -0.2) is 189 Å². The van der Waals surface area contributed by atoms with Crippen LogP contribution in [0.5, 0.6) is 86.2 Å². The van der Waals surface area contributed by atoms with Crippen LogP contribution in [0.3, 0.4) is 0 Å². The molecule has 23 nitrogen and oxygen atoms in total. The summed E-state index contributed by atoms with van der Waals surface area (Å²) in [6.07, 6.45) is 16.7. The second-order valence-electron chi connectivity index (χ2n) is 30.6. The first-order chi connectivity index (χ1) is 54.3. The number of hydrogen-bond donors (Lipinski definition) is 4. The third kappa shape index (κ3) is 16.2. The number of hydrogen-bond acceptors (Lipinski definition) is 23. The van der Waals surface area contributed by atoms with Crippen LogP contribution in [0.15, 0.2) is 139 Å². The number of phenols is 4. The molecular weight excluding hydrogens is 1440 g/mol. The van der Waals surface area contributed by atoms with Gasteiger partial charge in [-0.15, -0.1) is 0 Å². The van der Waals surface area contributed by atoms with Gasteiger partial charge in [-0.3, -0.25) is 38.8 Å². The van der Waals surface area contributed by atoms with Crippen LogP contribution >= 0.6 is 0 Å². The van der Waals surface area contributed by atoms with E-state index in [9.17, 15) is 39.6 Å². The van der Waals surface area contributed by atoms with Gasteiger partial charge in [0.05, 0.1) is 7.11 Å². The minimum atomic E-state index is -0.177. The Morgan fingerprint density at radius 3 is 1.10 bits per heavy atom. The molecule has 24 heteroatoms. The number of carbonyl (C=O) groups excluding carboxylic acids is 4. The van der Waals surface area contributed by atoms with E-state index in [0.717, 1.165) is 172 Å². The summed E-state index contributed by atoms with van der Waals surface area (Å²) in [6, 6.07) is 41.1. The first-order valence-corrected chi connectivity index (χ1v) is 38.4. The van der Waals surface area contributed by atoms with Gasteiger partial charge in [0.15, 0.2) is 86.3 Å². The van der Waals surface area contributed by atoms with E-state index in [1.807, 2.05) is 91.0 Å². The highest BCUT2D eigenvalue weighted by atomic mass is 19.2. The fourth-order valence-electron chi connectivity index (χ4n) is 18.8. The minimum absolute atomic E-state index is 0. The van der Waals surface area contributed by atoms with Crippen molar-refractivity contribution in [2.24, 2.45) is 23.7 Å². The van der Waals surface area contributed by atoms with Crippen molar-refractivity contribution >= 4 is 43.1 Å². The van der Waals surface area contributed by atoms with Gasteiger partial charge in [-0.1, -0.05) is 51.7 Å². The van der Waals surface area contributed by atoms with Crippen molar-refractivity contribution in [2.75, 3.05) is 69.3 Å². The SMILES string of the molecule is C.CN1C2CCC1/C(=C/c1ccc3c(c1)OCO3)C(=O)/C2=C\c1ccc2c(c1)OCO2.CN1C2CCC1C(Cc1ccc(O)c(O)c1)C(=O)C2Cc1ccc(O)c(O)c1.CN1C2CCC1C(Cc1ccc3c(c1)OCO3)C(=O)C2Cc1ccc2c(c1)OCO2.CN1C2CCC1CC(=O)C2.COc1ccc2c(c1)OCO2.[2H][CH-][19BH2]. The van der Waals surface area contributed by atoms with Gasteiger partial charge in [-0.25, -0.2) is 1.37 Å². The standard InChI is InChI=1S/C24H25NO5.C24H21NO5.C22H25NO5.C8H13NO.C8H8O3.CH4B.CH4/c2*1-25-18-4-5-19(25)17(9-15-3-7-21-23(11-15)30-13-28-21)24(26)16(18)8-14-2-6-20-22(10-14)29-12-27-20;1-23-16-4-5-17(23)15(9-13-3-7-19(25)21(27)11-13)22(28)14(16)8-12-2-6-18(24)20(26)10-12;1-9-6-2-3-7(9)5-8(10)4-6;1-9-6-2-3-7-8(4-6)11-5-10-7;1-2;/h2-3,6-7,10-11,16-19H,4-5,8-9,12-13H2,1H3;2-3,6-11,18-19H,4-5,12-13H2,1H3;2-3,6-7,10-11,14-17,24-27H,4-5,8-9H2,1H3;6-7H,2-5H2,1H3;2-4H,5H2,1H3;1-2H2;1H4/q;;;;;-1;/b;16-8-,17-9-;;;;;/i;;;;;1D,2+8;. The zero-order valence-electron chi connectivity index (χ0n) is 64.4. The van der Waals surface area contributed by atoms with Crippen molar-refractivity contribution in [2.45, 2.75) is 146 Å². The zero-order chi connectivity index (χ0) is 78.0. The Bertz CT molecular complexity index is 4500. The third-order valence-corrected chi connectivity index (χ3v) is 24.6. The van der Waals surface area contributed by atoms with Crippen LogP contribution in [0, 0.1) is 30.5 Å². The van der Waals surface area contributed by atoms with Gasteiger partial charge in [-0.05, 0) is 236 Å². The molecule has 0 radical (unpaired) electrons. The number of rotatable bonds is 11. The van der Waals surface area contributed by atoms with Crippen molar-refractivity contribution in [3.63, 3.8) is 0 Å². The highest BCUT2D eigenvalue weighted by Crippen LogP contribution is 2.48. The first kappa shape index (κ1) is 76.9. The van der Waals surface area contributed by atoms with Crippen LogP contribution in [0.25, 0.3) is 12.2 Å². The van der Waals surface area contributed by atoms with Crippen molar-refractivity contribution in [1.82, 2.24) is 19.6 Å². The monoisotopic (exact) mass is 1540 g/mol. The second-order valence-corrected chi connectivity index (χ2v) is 30.6. The molecule has 112 heavy (non-hydrogen) atoms. The molecule has 13 aliphatic rings. The lowest BCUT2D eigenvalue weighted by Gasteiger charge is -2.41. The lowest BCUT2D eigenvalue weighted by Crippen LogP contribution is -2.53. The summed E-state index contributed by atoms with van der Waals surface area (Å²) in [5.41, 5.74) is 7.49. The zero-order valence-corrected chi connectivity index (χ0v) is 63.4. The van der Waals surface area contributed by atoms with Gasteiger partial charge in [0.2, 0.25) is 34.0 Å². The summed E-state index contributed by atoms with van der Waals surface area (Å²) < 4.78 is 65.1. The fraction of sp³-hybridized carbons (Fsp3) is 0.420. The van der Waals surface area contributed by atoms with Gasteiger partial charge in [0.1, 0.15) is 23.1 Å².